The summed E-state index contributed by atoms with van der Waals surface area (Å²) in [6.45, 7) is 0.251. The molecule has 76 valence electrons. The van der Waals surface area contributed by atoms with Crippen LogP contribution in [0.25, 0.3) is 10.4 Å². The van der Waals surface area contributed by atoms with Crippen LogP contribution in [0.4, 0.5) is 8.78 Å². The summed E-state index contributed by atoms with van der Waals surface area (Å²) in [5, 5.41) is 3.27. The first-order valence-corrected chi connectivity index (χ1v) is 4.18. The largest absolute Gasteiger partial charge is 0.207 e. The van der Waals surface area contributed by atoms with Crippen LogP contribution in [-0.4, -0.2) is 6.54 Å². The normalized spacial score (nSPS) is 8.67. The Hall–Kier alpha value is -2.05. The van der Waals surface area contributed by atoms with E-state index in [1.807, 2.05) is 0 Å². The molecule has 5 heteroatoms. The number of nitrogens with zero attached hydrogens (tertiary/aromatic N) is 3. The number of hydrogen-bond acceptors (Lipinski definition) is 1. The van der Waals surface area contributed by atoms with Crippen molar-refractivity contribution in [1.82, 2.24) is 0 Å². The lowest BCUT2D eigenvalue weighted by atomic mass is 10.2. The zero-order valence-corrected chi connectivity index (χ0v) is 7.74. The van der Waals surface area contributed by atoms with Crippen molar-refractivity contribution in [3.8, 4) is 11.8 Å². The Morgan fingerprint density at radius 1 is 1.27 bits per heavy atom. The Morgan fingerprint density at radius 2 is 1.93 bits per heavy atom. The number of azide groups is 1. The zero-order valence-electron chi connectivity index (χ0n) is 7.74. The average molecular weight is 207 g/mol. The fourth-order valence-corrected chi connectivity index (χ4v) is 0.941. The van der Waals surface area contributed by atoms with Crippen molar-refractivity contribution in [2.24, 2.45) is 5.11 Å². The Balaban J connectivity index is 2.67. The molecule has 0 heterocycles. The van der Waals surface area contributed by atoms with Gasteiger partial charge in [-0.1, -0.05) is 17.0 Å². The highest BCUT2D eigenvalue weighted by Gasteiger charge is 1.96. The fourth-order valence-electron chi connectivity index (χ4n) is 0.941. The first-order chi connectivity index (χ1) is 7.22. The SMILES string of the molecule is [N-]=[N+]=NCCC#Cc1cc(F)cc(F)c1. The third-order valence-corrected chi connectivity index (χ3v) is 1.50. The lowest BCUT2D eigenvalue weighted by molar-refractivity contribution is 0.582. The van der Waals surface area contributed by atoms with Gasteiger partial charge >= 0.3 is 0 Å². The second kappa shape index (κ2) is 5.63. The maximum absolute atomic E-state index is 12.7. The van der Waals surface area contributed by atoms with Crippen molar-refractivity contribution in [2.75, 3.05) is 6.54 Å². The van der Waals surface area contributed by atoms with E-state index in [1.165, 1.54) is 0 Å². The molecule has 0 atom stereocenters. The highest BCUT2D eigenvalue weighted by molar-refractivity contribution is 5.34. The van der Waals surface area contributed by atoms with E-state index < -0.39 is 11.6 Å². The molecule has 3 nitrogen and oxygen atoms in total. The summed E-state index contributed by atoms with van der Waals surface area (Å²) in [7, 11) is 0. The molecule has 0 amide bonds. The molecule has 1 rings (SSSR count). The topological polar surface area (TPSA) is 48.8 Å². The van der Waals surface area contributed by atoms with Gasteiger partial charge in [-0.25, -0.2) is 8.78 Å². The third kappa shape index (κ3) is 4.12. The first-order valence-electron chi connectivity index (χ1n) is 4.18. The minimum Gasteiger partial charge on any atom is -0.207 e. The van der Waals surface area contributed by atoms with Gasteiger partial charge in [0.05, 0.1) is 0 Å². The van der Waals surface area contributed by atoms with E-state index in [-0.39, 0.29) is 12.1 Å². The average Bonchev–Trinajstić information content (AvgIpc) is 2.16. The molecule has 0 unspecified atom stereocenters. The smallest absolute Gasteiger partial charge is 0.127 e. The van der Waals surface area contributed by atoms with Gasteiger partial charge in [-0.05, 0) is 17.7 Å². The summed E-state index contributed by atoms with van der Waals surface area (Å²) in [5.74, 6) is 3.90. The van der Waals surface area contributed by atoms with Crippen LogP contribution in [0.2, 0.25) is 0 Å². The Bertz CT molecular complexity index is 433. The molecule has 0 aliphatic heterocycles. The second-order valence-electron chi connectivity index (χ2n) is 2.66. The van der Waals surface area contributed by atoms with Crippen LogP contribution in [0.15, 0.2) is 23.3 Å². The Kier molecular flexibility index (Phi) is 4.14. The van der Waals surface area contributed by atoms with E-state index in [9.17, 15) is 8.78 Å². The number of benzene rings is 1. The molecule has 0 radical (unpaired) electrons. The van der Waals surface area contributed by atoms with Crippen molar-refractivity contribution < 1.29 is 8.78 Å². The molecule has 0 fully saturated rings. The molecule has 15 heavy (non-hydrogen) atoms. The van der Waals surface area contributed by atoms with Crippen LogP contribution in [0.1, 0.15) is 12.0 Å². The van der Waals surface area contributed by atoms with Crippen LogP contribution in [-0.2, 0) is 0 Å². The molecular formula is C10H7F2N3. The van der Waals surface area contributed by atoms with Gasteiger partial charge < -0.3 is 0 Å². The van der Waals surface area contributed by atoms with Gasteiger partial charge in [0.1, 0.15) is 11.6 Å². The minimum atomic E-state index is -0.658. The maximum atomic E-state index is 12.7. The lowest BCUT2D eigenvalue weighted by Crippen LogP contribution is -1.83. The van der Waals surface area contributed by atoms with Crippen LogP contribution >= 0.6 is 0 Å². The van der Waals surface area contributed by atoms with Crippen LogP contribution in [0.3, 0.4) is 0 Å². The second-order valence-corrected chi connectivity index (χ2v) is 2.66. The van der Waals surface area contributed by atoms with Crippen molar-refractivity contribution in [3.63, 3.8) is 0 Å². The summed E-state index contributed by atoms with van der Waals surface area (Å²) in [5.41, 5.74) is 8.24. The molecule has 0 aliphatic carbocycles. The molecule has 0 aromatic heterocycles. The molecule has 0 saturated carbocycles. The quantitative estimate of drug-likeness (QED) is 0.235. The summed E-state index contributed by atoms with van der Waals surface area (Å²) >= 11 is 0. The van der Waals surface area contributed by atoms with Crippen LogP contribution in [0, 0.1) is 23.5 Å². The van der Waals surface area contributed by atoms with Crippen molar-refractivity contribution in [3.05, 3.63) is 45.8 Å². The monoisotopic (exact) mass is 207 g/mol. The molecular weight excluding hydrogens is 200 g/mol. The predicted molar refractivity (Wildman–Crippen MR) is 51.9 cm³/mol. The number of hydrogen-bond donors (Lipinski definition) is 0. The fraction of sp³-hybridized carbons (Fsp3) is 0.200. The summed E-state index contributed by atoms with van der Waals surface area (Å²) in [6, 6.07) is 3.07. The molecule has 0 aliphatic rings. The van der Waals surface area contributed by atoms with Crippen LogP contribution < -0.4 is 0 Å². The summed E-state index contributed by atoms with van der Waals surface area (Å²) < 4.78 is 25.4. The molecule has 0 N–H and O–H groups in total. The predicted octanol–water partition coefficient (Wildman–Crippen LogP) is 3.02. The molecule has 0 bridgehead atoms. The van der Waals surface area contributed by atoms with E-state index in [2.05, 4.69) is 21.9 Å². The Morgan fingerprint density at radius 3 is 2.53 bits per heavy atom. The zero-order chi connectivity index (χ0) is 11.1. The molecule has 0 saturated heterocycles. The van der Waals surface area contributed by atoms with Crippen LogP contribution in [0.5, 0.6) is 0 Å². The standard InChI is InChI=1S/C10H7F2N3/c11-9-5-8(6-10(12)7-9)3-1-2-4-14-15-13/h5-7H,2,4H2. The first kappa shape index (κ1) is 11.0. The third-order valence-electron chi connectivity index (χ3n) is 1.50. The van der Waals surface area contributed by atoms with Crippen molar-refractivity contribution in [2.45, 2.75) is 6.42 Å². The van der Waals surface area contributed by atoms with Crippen molar-refractivity contribution >= 4 is 0 Å². The maximum Gasteiger partial charge on any atom is 0.127 e. The minimum absolute atomic E-state index is 0.251. The number of rotatable bonds is 2. The van der Waals surface area contributed by atoms with Gasteiger partial charge in [0.2, 0.25) is 0 Å². The van der Waals surface area contributed by atoms with E-state index in [0.29, 0.717) is 6.42 Å². The Labute approximate surface area is 85.4 Å². The van der Waals surface area contributed by atoms with Gasteiger partial charge in [-0.2, -0.15) is 0 Å². The highest BCUT2D eigenvalue weighted by atomic mass is 19.1. The van der Waals surface area contributed by atoms with E-state index in [0.717, 1.165) is 18.2 Å². The summed E-state index contributed by atoms with van der Waals surface area (Å²) in [4.78, 5) is 2.55. The van der Waals surface area contributed by atoms with E-state index >= 15 is 0 Å². The molecule has 1 aromatic carbocycles. The van der Waals surface area contributed by atoms with E-state index in [4.69, 9.17) is 5.53 Å². The van der Waals surface area contributed by atoms with Gasteiger partial charge in [0, 0.05) is 29.5 Å². The van der Waals surface area contributed by atoms with Gasteiger partial charge in [-0.3, -0.25) is 0 Å². The van der Waals surface area contributed by atoms with E-state index in [1.54, 1.807) is 0 Å². The van der Waals surface area contributed by atoms with Crippen molar-refractivity contribution in [1.29, 1.82) is 0 Å². The van der Waals surface area contributed by atoms with Gasteiger partial charge in [-0.15, -0.1) is 0 Å². The summed E-state index contributed by atoms with van der Waals surface area (Å²) in [6.07, 6.45) is 0.363. The molecule has 1 aromatic rings. The molecule has 0 spiro atoms. The lowest BCUT2D eigenvalue weighted by Gasteiger charge is -1.92. The van der Waals surface area contributed by atoms with Gasteiger partial charge in [0.25, 0.3) is 0 Å². The van der Waals surface area contributed by atoms with Gasteiger partial charge in [0.15, 0.2) is 0 Å². The number of halogens is 2. The highest BCUT2D eigenvalue weighted by Crippen LogP contribution is 2.06.